The summed E-state index contributed by atoms with van der Waals surface area (Å²) in [6.07, 6.45) is 1.83. The number of hydrogen-bond acceptors (Lipinski definition) is 4. The fraction of sp³-hybridized carbons (Fsp3) is 0.333. The summed E-state index contributed by atoms with van der Waals surface area (Å²) in [5.41, 5.74) is 4.26. The standard InChI is InChI=1S/C30H36ClN3O4S/c1-22-16-17-26(19-23(22)2)34(39(4,37)38)18-10-15-29(35)33(21-25-13-8-9-14-27(25)31)28(30(36)32-3)20-24-11-6-5-7-12-24/h5-9,11-14,16-17,19,28H,10,15,18,20-21H2,1-4H3,(H,32,36)/t28-/m0/s1. The van der Waals surface area contributed by atoms with E-state index in [0.29, 0.717) is 17.1 Å². The van der Waals surface area contributed by atoms with Gasteiger partial charge in [0.1, 0.15) is 6.04 Å². The van der Waals surface area contributed by atoms with Crippen molar-refractivity contribution < 1.29 is 18.0 Å². The van der Waals surface area contributed by atoms with Gasteiger partial charge in [-0.3, -0.25) is 13.9 Å². The van der Waals surface area contributed by atoms with Crippen LogP contribution in [0.2, 0.25) is 5.02 Å². The van der Waals surface area contributed by atoms with Crippen molar-refractivity contribution in [1.82, 2.24) is 10.2 Å². The molecule has 0 aliphatic carbocycles. The van der Waals surface area contributed by atoms with Crippen LogP contribution in [0.15, 0.2) is 72.8 Å². The number of rotatable bonds is 12. The summed E-state index contributed by atoms with van der Waals surface area (Å²) in [5.74, 6) is -0.542. The van der Waals surface area contributed by atoms with Crippen LogP contribution in [0.5, 0.6) is 0 Å². The molecule has 0 radical (unpaired) electrons. The smallest absolute Gasteiger partial charge is 0.242 e. The van der Waals surface area contributed by atoms with E-state index in [0.717, 1.165) is 28.5 Å². The van der Waals surface area contributed by atoms with E-state index in [1.807, 2.05) is 74.5 Å². The maximum absolute atomic E-state index is 13.7. The molecule has 3 aromatic rings. The zero-order chi connectivity index (χ0) is 28.6. The van der Waals surface area contributed by atoms with Crippen molar-refractivity contribution in [3.05, 3.63) is 100 Å². The number of aryl methyl sites for hydroxylation is 2. The predicted molar refractivity (Wildman–Crippen MR) is 157 cm³/mol. The number of nitrogens with one attached hydrogen (secondary N) is 1. The summed E-state index contributed by atoms with van der Waals surface area (Å²) in [7, 11) is -2.02. The zero-order valence-electron chi connectivity index (χ0n) is 22.9. The first-order valence-electron chi connectivity index (χ1n) is 12.8. The van der Waals surface area contributed by atoms with Gasteiger partial charge in [0.2, 0.25) is 21.8 Å². The van der Waals surface area contributed by atoms with Crippen molar-refractivity contribution >= 4 is 39.1 Å². The Labute approximate surface area is 236 Å². The first kappa shape index (κ1) is 30.2. The van der Waals surface area contributed by atoms with Gasteiger partial charge < -0.3 is 10.2 Å². The molecule has 0 spiro atoms. The van der Waals surface area contributed by atoms with Gasteiger partial charge in [0.05, 0.1) is 11.9 Å². The van der Waals surface area contributed by atoms with Crippen LogP contribution < -0.4 is 9.62 Å². The highest BCUT2D eigenvalue weighted by atomic mass is 35.5. The molecule has 3 rings (SSSR count). The second kappa shape index (κ2) is 13.6. The van der Waals surface area contributed by atoms with Crippen molar-refractivity contribution in [1.29, 1.82) is 0 Å². The largest absolute Gasteiger partial charge is 0.357 e. The van der Waals surface area contributed by atoms with E-state index < -0.39 is 16.1 Å². The van der Waals surface area contributed by atoms with E-state index in [9.17, 15) is 18.0 Å². The fourth-order valence-corrected chi connectivity index (χ4v) is 5.57. The SMILES string of the molecule is CNC(=O)[C@H](Cc1ccccc1)N(Cc1ccccc1Cl)C(=O)CCCN(c1ccc(C)c(C)c1)S(C)(=O)=O. The Morgan fingerprint density at radius 1 is 0.949 bits per heavy atom. The summed E-state index contributed by atoms with van der Waals surface area (Å²) >= 11 is 6.43. The van der Waals surface area contributed by atoms with Gasteiger partial charge in [-0.15, -0.1) is 0 Å². The molecule has 0 saturated carbocycles. The molecule has 7 nitrogen and oxygen atoms in total. The number of benzene rings is 3. The predicted octanol–water partition coefficient (Wildman–Crippen LogP) is 4.89. The number of nitrogens with zero attached hydrogens (tertiary/aromatic N) is 2. The maximum Gasteiger partial charge on any atom is 0.242 e. The number of sulfonamides is 1. The Bertz CT molecular complexity index is 1400. The van der Waals surface area contributed by atoms with Gasteiger partial charge >= 0.3 is 0 Å². The molecule has 0 aliphatic heterocycles. The van der Waals surface area contributed by atoms with Crippen LogP contribution in [0.3, 0.4) is 0 Å². The minimum absolute atomic E-state index is 0.0591. The summed E-state index contributed by atoms with van der Waals surface area (Å²) in [6.45, 7) is 4.18. The van der Waals surface area contributed by atoms with Crippen LogP contribution in [0.4, 0.5) is 5.69 Å². The topological polar surface area (TPSA) is 86.8 Å². The number of anilines is 1. The van der Waals surface area contributed by atoms with Gasteiger partial charge in [-0.25, -0.2) is 8.42 Å². The molecule has 2 amide bonds. The van der Waals surface area contributed by atoms with Gasteiger partial charge in [0.15, 0.2) is 0 Å². The Balaban J connectivity index is 1.86. The molecule has 0 saturated heterocycles. The summed E-state index contributed by atoms with van der Waals surface area (Å²) in [6, 6.07) is 21.5. The van der Waals surface area contributed by atoms with E-state index in [-0.39, 0.29) is 37.7 Å². The van der Waals surface area contributed by atoms with E-state index in [2.05, 4.69) is 5.32 Å². The lowest BCUT2D eigenvalue weighted by Gasteiger charge is -2.32. The van der Waals surface area contributed by atoms with Gasteiger partial charge in [-0.2, -0.15) is 0 Å². The van der Waals surface area contributed by atoms with Crippen LogP contribution in [0.25, 0.3) is 0 Å². The van der Waals surface area contributed by atoms with Gasteiger partial charge in [-0.05, 0) is 60.7 Å². The van der Waals surface area contributed by atoms with Crippen LogP contribution in [-0.4, -0.2) is 51.0 Å². The van der Waals surface area contributed by atoms with Gasteiger partial charge in [0, 0.05) is 38.0 Å². The quantitative estimate of drug-likeness (QED) is 0.336. The third-order valence-corrected chi connectivity index (χ3v) is 8.31. The molecule has 0 fully saturated rings. The number of amides is 2. The minimum Gasteiger partial charge on any atom is -0.357 e. The fourth-order valence-electron chi connectivity index (χ4n) is 4.42. The molecular formula is C30H36ClN3O4S. The Morgan fingerprint density at radius 3 is 2.23 bits per heavy atom. The maximum atomic E-state index is 13.7. The summed E-state index contributed by atoms with van der Waals surface area (Å²) in [4.78, 5) is 28.3. The van der Waals surface area contributed by atoms with E-state index in [1.165, 1.54) is 4.31 Å². The second-order valence-electron chi connectivity index (χ2n) is 9.64. The van der Waals surface area contributed by atoms with Crippen LogP contribution >= 0.6 is 11.6 Å². The average Bonchev–Trinajstić information content (AvgIpc) is 2.90. The van der Waals surface area contributed by atoms with Gasteiger partial charge in [0.25, 0.3) is 0 Å². The third kappa shape index (κ3) is 8.31. The highest BCUT2D eigenvalue weighted by Crippen LogP contribution is 2.24. The lowest BCUT2D eigenvalue weighted by molar-refractivity contribution is -0.141. The van der Waals surface area contributed by atoms with Crippen LogP contribution in [0.1, 0.15) is 35.1 Å². The number of carbonyl (C=O) groups is 2. The summed E-state index contributed by atoms with van der Waals surface area (Å²) in [5, 5.41) is 3.20. The number of carbonyl (C=O) groups excluding carboxylic acids is 2. The molecule has 0 unspecified atom stereocenters. The molecule has 9 heteroatoms. The van der Waals surface area contributed by atoms with Crippen molar-refractivity contribution in [2.45, 2.75) is 45.7 Å². The molecule has 0 aliphatic rings. The lowest BCUT2D eigenvalue weighted by Crippen LogP contribution is -2.49. The van der Waals surface area contributed by atoms with Crippen molar-refractivity contribution in [3.8, 4) is 0 Å². The van der Waals surface area contributed by atoms with E-state index in [1.54, 1.807) is 24.1 Å². The van der Waals surface area contributed by atoms with Crippen molar-refractivity contribution in [2.75, 3.05) is 24.2 Å². The third-order valence-electron chi connectivity index (χ3n) is 6.75. The first-order valence-corrected chi connectivity index (χ1v) is 15.1. The average molecular weight is 570 g/mol. The first-order chi connectivity index (χ1) is 18.5. The van der Waals surface area contributed by atoms with Crippen LogP contribution in [0, 0.1) is 13.8 Å². The highest BCUT2D eigenvalue weighted by Gasteiger charge is 2.30. The molecule has 1 N–H and O–H groups in total. The monoisotopic (exact) mass is 569 g/mol. The number of hydrogen-bond donors (Lipinski definition) is 1. The molecule has 0 bridgehead atoms. The van der Waals surface area contributed by atoms with E-state index >= 15 is 0 Å². The number of halogens is 1. The molecule has 39 heavy (non-hydrogen) atoms. The second-order valence-corrected chi connectivity index (χ2v) is 12.0. The Morgan fingerprint density at radius 2 is 1.62 bits per heavy atom. The normalized spacial score (nSPS) is 12.0. The van der Waals surface area contributed by atoms with Crippen LogP contribution in [-0.2, 0) is 32.6 Å². The molecule has 0 heterocycles. The molecule has 1 atom stereocenters. The molecule has 3 aromatic carbocycles. The van der Waals surface area contributed by atoms with Crippen molar-refractivity contribution in [3.63, 3.8) is 0 Å². The zero-order valence-corrected chi connectivity index (χ0v) is 24.4. The number of likely N-dealkylation sites (N-methyl/N-ethyl adjacent to an activating group) is 1. The Hall–Kier alpha value is -3.36. The lowest BCUT2D eigenvalue weighted by atomic mass is 10.0. The molecule has 208 valence electrons. The Kier molecular flexibility index (Phi) is 10.5. The van der Waals surface area contributed by atoms with Crippen molar-refractivity contribution in [2.24, 2.45) is 0 Å². The molecular weight excluding hydrogens is 534 g/mol. The molecule has 0 aromatic heterocycles. The minimum atomic E-state index is -3.57. The van der Waals surface area contributed by atoms with E-state index in [4.69, 9.17) is 11.6 Å². The summed E-state index contributed by atoms with van der Waals surface area (Å²) < 4.78 is 26.6. The van der Waals surface area contributed by atoms with Gasteiger partial charge in [-0.1, -0.05) is 66.2 Å². The highest BCUT2D eigenvalue weighted by molar-refractivity contribution is 7.92.